The Bertz CT molecular complexity index is 1210. The number of thiophene rings is 1. The number of hydrogen-bond donors (Lipinski definition) is 1. The van der Waals surface area contributed by atoms with Crippen molar-refractivity contribution >= 4 is 27.5 Å². The van der Waals surface area contributed by atoms with E-state index >= 15 is 0 Å². The van der Waals surface area contributed by atoms with Crippen molar-refractivity contribution in [3.63, 3.8) is 0 Å². The van der Waals surface area contributed by atoms with Crippen LogP contribution in [-0.4, -0.2) is 30.7 Å². The van der Waals surface area contributed by atoms with E-state index in [2.05, 4.69) is 23.4 Å². The molecule has 0 bridgehead atoms. The lowest BCUT2D eigenvalue weighted by atomic mass is 10.0. The average molecular weight is 474 g/mol. The lowest BCUT2D eigenvalue weighted by molar-refractivity contribution is 0.158. The molecule has 1 aromatic carbocycles. The van der Waals surface area contributed by atoms with Crippen LogP contribution in [0.1, 0.15) is 49.5 Å². The fourth-order valence-corrected chi connectivity index (χ4v) is 6.92. The van der Waals surface area contributed by atoms with Crippen molar-refractivity contribution in [2.24, 2.45) is 5.92 Å². The van der Waals surface area contributed by atoms with E-state index in [-0.39, 0.29) is 16.9 Å². The van der Waals surface area contributed by atoms with Gasteiger partial charge in [0.15, 0.2) is 0 Å². The average Bonchev–Trinajstić information content (AvgIpc) is 3.43. The number of fused-ring (bicyclic) bond motifs is 1. The van der Waals surface area contributed by atoms with Crippen LogP contribution in [0.2, 0.25) is 0 Å². The Morgan fingerprint density at radius 1 is 1.31 bits per heavy atom. The highest BCUT2D eigenvalue weighted by Crippen LogP contribution is 2.38. The number of sulfonamides is 1. The van der Waals surface area contributed by atoms with Gasteiger partial charge in [0.05, 0.1) is 12.6 Å². The summed E-state index contributed by atoms with van der Waals surface area (Å²) in [6.07, 6.45) is 5.57. The maximum absolute atomic E-state index is 13.0. The van der Waals surface area contributed by atoms with Gasteiger partial charge in [0.2, 0.25) is 0 Å². The quantitative estimate of drug-likeness (QED) is 0.533. The Hall–Kier alpha value is -2.65. The topological polar surface area (TPSA) is 90.3 Å². The molecule has 1 aliphatic heterocycles. The van der Waals surface area contributed by atoms with Crippen molar-refractivity contribution in [3.05, 3.63) is 59.0 Å². The molecule has 1 atom stereocenters. The molecule has 7 nitrogen and oxygen atoms in total. The van der Waals surface area contributed by atoms with Gasteiger partial charge in [0, 0.05) is 29.3 Å². The third-order valence-electron chi connectivity index (χ3n) is 5.43. The number of benzene rings is 1. The van der Waals surface area contributed by atoms with Crippen LogP contribution in [0.5, 0.6) is 0 Å². The third kappa shape index (κ3) is 4.59. The zero-order chi connectivity index (χ0) is 22.9. The Kier molecular flexibility index (Phi) is 6.39. The molecule has 1 aliphatic rings. The zero-order valence-electron chi connectivity index (χ0n) is 18.4. The predicted octanol–water partition coefficient (Wildman–Crippen LogP) is 4.78. The highest BCUT2D eigenvalue weighted by molar-refractivity contribution is 7.92. The van der Waals surface area contributed by atoms with Gasteiger partial charge in [-0.05, 0) is 42.9 Å². The van der Waals surface area contributed by atoms with E-state index in [0.717, 1.165) is 41.1 Å². The molecule has 3 heterocycles. The van der Waals surface area contributed by atoms with Crippen molar-refractivity contribution in [1.82, 2.24) is 14.3 Å². The zero-order valence-corrected chi connectivity index (χ0v) is 20.0. The molecule has 0 spiro atoms. The number of imidazole rings is 1. The summed E-state index contributed by atoms with van der Waals surface area (Å²) in [6.45, 7) is 5.90. The Labute approximate surface area is 192 Å². The van der Waals surface area contributed by atoms with Gasteiger partial charge in [0.1, 0.15) is 10.0 Å². The molecule has 0 saturated carbocycles. The van der Waals surface area contributed by atoms with Crippen molar-refractivity contribution in [2.45, 2.75) is 50.3 Å². The second-order valence-electron chi connectivity index (χ2n) is 8.27. The van der Waals surface area contributed by atoms with Crippen LogP contribution in [0.25, 0.3) is 11.1 Å². The molecule has 0 fully saturated rings. The van der Waals surface area contributed by atoms with E-state index < -0.39 is 16.1 Å². The third-order valence-corrected chi connectivity index (χ3v) is 8.43. The molecule has 0 aliphatic carbocycles. The fourth-order valence-electron chi connectivity index (χ4n) is 4.08. The smallest absolute Gasteiger partial charge is 0.421 e. The van der Waals surface area contributed by atoms with Crippen molar-refractivity contribution in [1.29, 1.82) is 0 Å². The number of carbonyl (C=O) groups excluding carboxylic acids is 1. The molecule has 0 saturated heterocycles. The summed E-state index contributed by atoms with van der Waals surface area (Å²) in [6, 6.07) is 10.2. The minimum Gasteiger partial charge on any atom is -0.449 e. The molecule has 9 heteroatoms. The number of carbonyl (C=O) groups is 1. The van der Waals surface area contributed by atoms with E-state index in [1.165, 1.54) is 11.3 Å². The second-order valence-corrected chi connectivity index (χ2v) is 11.3. The highest BCUT2D eigenvalue weighted by atomic mass is 32.2. The molecule has 3 aromatic rings. The first-order valence-electron chi connectivity index (χ1n) is 10.7. The molecule has 4 rings (SSSR count). The molecule has 1 amide bonds. The van der Waals surface area contributed by atoms with Crippen molar-refractivity contribution < 1.29 is 17.9 Å². The van der Waals surface area contributed by atoms with Crippen LogP contribution < -0.4 is 4.72 Å². The number of amides is 1. The van der Waals surface area contributed by atoms with Gasteiger partial charge in [-0.25, -0.2) is 22.9 Å². The van der Waals surface area contributed by atoms with Crippen LogP contribution in [0.3, 0.4) is 0 Å². The number of nitrogens with one attached hydrogen (secondary N) is 1. The number of aryl methyl sites for hydroxylation is 1. The van der Waals surface area contributed by atoms with E-state index in [1.807, 2.05) is 47.4 Å². The van der Waals surface area contributed by atoms with E-state index in [1.54, 1.807) is 6.92 Å². The Morgan fingerprint density at radius 2 is 2.06 bits per heavy atom. The Morgan fingerprint density at radius 3 is 2.75 bits per heavy atom. The number of aromatic nitrogens is 2. The van der Waals surface area contributed by atoms with E-state index in [4.69, 9.17) is 4.74 Å². The maximum Gasteiger partial charge on any atom is 0.421 e. The van der Waals surface area contributed by atoms with Crippen LogP contribution in [0.4, 0.5) is 4.79 Å². The summed E-state index contributed by atoms with van der Waals surface area (Å²) in [5.41, 5.74) is 2.56. The first-order chi connectivity index (χ1) is 15.3. The van der Waals surface area contributed by atoms with E-state index in [9.17, 15) is 13.2 Å². The summed E-state index contributed by atoms with van der Waals surface area (Å²) >= 11 is 1.20. The molecular weight excluding hydrogens is 446 g/mol. The molecule has 2 aromatic heterocycles. The molecule has 170 valence electrons. The largest absolute Gasteiger partial charge is 0.449 e. The highest BCUT2D eigenvalue weighted by Gasteiger charge is 2.27. The van der Waals surface area contributed by atoms with Gasteiger partial charge >= 0.3 is 6.09 Å². The molecule has 0 unspecified atom stereocenters. The summed E-state index contributed by atoms with van der Waals surface area (Å²) in [4.78, 5) is 17.2. The lowest BCUT2D eigenvalue weighted by Gasteiger charge is -2.14. The fraction of sp³-hybridized carbons (Fsp3) is 0.391. The second kappa shape index (κ2) is 9.07. The lowest BCUT2D eigenvalue weighted by Crippen LogP contribution is -2.30. The minimum absolute atomic E-state index is 0.0957. The standard InChI is InChI=1S/C23H27N3O4S2/c1-4-30-23(27)25-32(28,29)22-19(14-18(31-22)13-15(2)3)16-5-7-17(8-6-16)20-9-10-21-24-11-12-26(20)21/h5-8,11-12,14-15,20H,4,9-10,13H2,1-3H3,(H,25,27)/t20-/m0/s1. The maximum atomic E-state index is 13.0. The van der Waals surface area contributed by atoms with Gasteiger partial charge in [-0.2, -0.15) is 0 Å². The first kappa shape index (κ1) is 22.5. The van der Waals surface area contributed by atoms with Gasteiger partial charge in [-0.3, -0.25) is 0 Å². The van der Waals surface area contributed by atoms with Crippen molar-refractivity contribution in [2.75, 3.05) is 6.61 Å². The van der Waals surface area contributed by atoms with Crippen LogP contribution in [-0.2, 0) is 27.6 Å². The number of hydrogen-bond acceptors (Lipinski definition) is 6. The van der Waals surface area contributed by atoms with Crippen LogP contribution >= 0.6 is 11.3 Å². The summed E-state index contributed by atoms with van der Waals surface area (Å²) in [5, 5.41) is 0. The minimum atomic E-state index is -4.05. The van der Waals surface area contributed by atoms with Gasteiger partial charge in [0.25, 0.3) is 10.0 Å². The summed E-state index contributed by atoms with van der Waals surface area (Å²) < 4.78 is 35.1. The number of rotatable bonds is 7. The first-order valence-corrected chi connectivity index (χ1v) is 13.0. The number of ether oxygens (including phenoxy) is 1. The molecular formula is C23H27N3O4S2. The Balaban J connectivity index is 1.68. The van der Waals surface area contributed by atoms with Gasteiger partial charge in [-0.15, -0.1) is 11.3 Å². The summed E-state index contributed by atoms with van der Waals surface area (Å²) in [7, 11) is -4.05. The number of nitrogens with zero attached hydrogens (tertiary/aromatic N) is 2. The van der Waals surface area contributed by atoms with Crippen LogP contribution in [0.15, 0.2) is 46.9 Å². The van der Waals surface area contributed by atoms with Gasteiger partial charge in [-0.1, -0.05) is 38.1 Å². The summed E-state index contributed by atoms with van der Waals surface area (Å²) in [5.74, 6) is 1.47. The van der Waals surface area contributed by atoms with E-state index in [0.29, 0.717) is 11.5 Å². The van der Waals surface area contributed by atoms with Gasteiger partial charge < -0.3 is 9.30 Å². The van der Waals surface area contributed by atoms with Crippen molar-refractivity contribution in [3.8, 4) is 11.1 Å². The van der Waals surface area contributed by atoms with Crippen LogP contribution in [0, 0.1) is 5.92 Å². The molecule has 1 N–H and O–H groups in total. The predicted molar refractivity (Wildman–Crippen MR) is 124 cm³/mol. The SMILES string of the molecule is CCOC(=O)NS(=O)(=O)c1sc(CC(C)C)cc1-c1ccc([C@@H]2CCc3nccn32)cc1. The monoisotopic (exact) mass is 473 g/mol. The molecule has 32 heavy (non-hydrogen) atoms. The molecule has 0 radical (unpaired) electrons. The normalized spacial score (nSPS) is 15.7.